The lowest BCUT2D eigenvalue weighted by atomic mass is 9.81. The summed E-state index contributed by atoms with van der Waals surface area (Å²) < 4.78 is 0. The summed E-state index contributed by atoms with van der Waals surface area (Å²) in [6.07, 6.45) is 4.08. The number of Topliss-reactive ketones (excluding diaryl/α,β-unsaturated/α-hetero) is 1. The topological polar surface area (TPSA) is 17.1 Å². The minimum absolute atomic E-state index is 0.167. The first kappa shape index (κ1) is 71.2. The van der Waals surface area contributed by atoms with Crippen molar-refractivity contribution in [3.8, 4) is 0 Å². The summed E-state index contributed by atoms with van der Waals surface area (Å²) in [6.45, 7) is 57.5. The van der Waals surface area contributed by atoms with Crippen LogP contribution >= 0.6 is 11.8 Å². The summed E-state index contributed by atoms with van der Waals surface area (Å²) >= 11 is 1.75. The maximum atomic E-state index is 9.44. The summed E-state index contributed by atoms with van der Waals surface area (Å²) in [4.78, 5) is 9.44. The van der Waals surface area contributed by atoms with Crippen molar-refractivity contribution >= 4 is 17.5 Å². The van der Waals surface area contributed by atoms with Gasteiger partial charge in [-0.3, -0.25) is 0 Å². The van der Waals surface area contributed by atoms with Crippen LogP contribution in [0.4, 0.5) is 0 Å². The maximum Gasteiger partial charge on any atom is 0.126 e. The molecule has 5 rings (SSSR count). The van der Waals surface area contributed by atoms with E-state index < -0.39 is 0 Å². The number of carbonyl (C=O) groups excluding carboxylic acids is 1. The molecule has 0 radical (unpaired) electrons. The highest BCUT2D eigenvalue weighted by Crippen LogP contribution is 2.35. The van der Waals surface area contributed by atoms with Crippen LogP contribution in [0, 0.1) is 0 Å². The molecule has 73 heavy (non-hydrogen) atoms. The van der Waals surface area contributed by atoms with Gasteiger partial charge in [0.1, 0.15) is 5.78 Å². The van der Waals surface area contributed by atoms with E-state index in [9.17, 15) is 4.79 Å². The monoisotopic (exact) mass is 1010 g/mol. The van der Waals surface area contributed by atoms with Crippen molar-refractivity contribution in [3.05, 3.63) is 176 Å². The maximum absolute atomic E-state index is 9.44. The quantitative estimate of drug-likeness (QED) is 0.124. The fraction of sp³-hybridized carbons (Fsp3) is 0.563. The number of thioether (sulfide) groups is 1. The molecule has 410 valence electrons. The molecule has 0 fully saturated rings. The Morgan fingerprint density at radius 1 is 0.247 bits per heavy atom. The van der Waals surface area contributed by atoms with Crippen LogP contribution in [-0.2, 0) is 4.79 Å². The zero-order chi connectivity index (χ0) is 56.9. The molecule has 5 aromatic carbocycles. The molecule has 0 aliphatic carbocycles. The molecule has 5 aromatic rings. The summed E-state index contributed by atoms with van der Waals surface area (Å²) in [6, 6.07) is 39.8. The smallest absolute Gasteiger partial charge is 0.126 e. The van der Waals surface area contributed by atoms with E-state index in [1.54, 1.807) is 11.8 Å². The van der Waals surface area contributed by atoms with E-state index in [-0.39, 0.29) is 5.78 Å². The van der Waals surface area contributed by atoms with Crippen molar-refractivity contribution in [1.29, 1.82) is 0 Å². The van der Waals surface area contributed by atoms with Crippen molar-refractivity contribution in [2.75, 3.05) is 12.5 Å². The number of hydrogen-bond donors (Lipinski definition) is 0. The number of rotatable bonds is 12. The van der Waals surface area contributed by atoms with Crippen LogP contribution in [0.2, 0.25) is 0 Å². The number of benzene rings is 5. The van der Waals surface area contributed by atoms with Crippen molar-refractivity contribution in [1.82, 2.24) is 0 Å². The van der Waals surface area contributed by atoms with Gasteiger partial charge >= 0.3 is 0 Å². The molecule has 0 aromatic heterocycles. The lowest BCUT2D eigenvalue weighted by molar-refractivity contribution is -0.115. The van der Waals surface area contributed by atoms with Crippen LogP contribution in [0.25, 0.3) is 0 Å². The first-order chi connectivity index (χ1) is 33.9. The second-order valence-corrected chi connectivity index (χ2v) is 24.6. The van der Waals surface area contributed by atoms with Crippen molar-refractivity contribution in [3.63, 3.8) is 0 Å². The van der Waals surface area contributed by atoms with Gasteiger partial charge < -0.3 is 4.79 Å². The Morgan fingerprint density at radius 3 is 0.397 bits per heavy atom. The minimum atomic E-state index is 0.167. The average molecular weight is 1020 g/mol. The van der Waals surface area contributed by atoms with Gasteiger partial charge in [0.25, 0.3) is 0 Å². The molecule has 0 spiro atoms. The normalized spacial score (nSPS) is 11.0. The average Bonchev–Trinajstić information content (AvgIpc) is 3.31. The highest BCUT2D eigenvalue weighted by Gasteiger charge is 2.18. The Labute approximate surface area is 459 Å². The molecule has 0 heterocycles. The number of ketones is 1. The lowest BCUT2D eigenvalue weighted by Crippen LogP contribution is -2.06. The van der Waals surface area contributed by atoms with Gasteiger partial charge in [0, 0.05) is 0 Å². The van der Waals surface area contributed by atoms with Gasteiger partial charge in [0.15, 0.2) is 0 Å². The molecule has 0 amide bonds. The zero-order valence-electron chi connectivity index (χ0n) is 52.6. The van der Waals surface area contributed by atoms with E-state index in [0.29, 0.717) is 71.0 Å². The first-order valence-electron chi connectivity index (χ1n) is 28.3. The van der Waals surface area contributed by atoms with E-state index in [4.69, 9.17) is 0 Å². The van der Waals surface area contributed by atoms with Gasteiger partial charge in [-0.15, -0.1) is 0 Å². The van der Waals surface area contributed by atoms with Crippen LogP contribution in [0.3, 0.4) is 0 Å². The summed E-state index contributed by atoms with van der Waals surface area (Å²) in [5, 5.41) is 0. The molecule has 0 saturated heterocycles. The highest BCUT2D eigenvalue weighted by molar-refractivity contribution is 7.97. The summed E-state index contributed by atoms with van der Waals surface area (Å²) in [5.41, 5.74) is 18.1. The van der Waals surface area contributed by atoms with Crippen molar-refractivity contribution < 1.29 is 4.79 Å². The summed E-state index contributed by atoms with van der Waals surface area (Å²) in [5.74, 6) is 7.75. The Morgan fingerprint density at radius 2 is 0.329 bits per heavy atom. The molecule has 0 aliphatic rings. The van der Waals surface area contributed by atoms with Gasteiger partial charge in [0.05, 0.1) is 0 Å². The fourth-order valence-corrected chi connectivity index (χ4v) is 8.92. The predicted octanol–water partition coefficient (Wildman–Crippen LogP) is 23.5. The Hall–Kier alpha value is -3.88. The van der Waals surface area contributed by atoms with E-state index in [1.165, 1.54) is 80.6 Å². The molecule has 2 heteroatoms. The molecule has 1 nitrogen and oxygen atoms in total. The van der Waals surface area contributed by atoms with Crippen LogP contribution in [-0.4, -0.2) is 18.3 Å². The van der Waals surface area contributed by atoms with Gasteiger partial charge in [-0.25, -0.2) is 0 Å². The third kappa shape index (κ3) is 27.5. The van der Waals surface area contributed by atoms with Crippen LogP contribution in [0.5, 0.6) is 0 Å². The fourth-order valence-electron chi connectivity index (χ4n) is 8.92. The molecule has 0 atom stereocenters. The number of carbonyl (C=O) groups is 1. The zero-order valence-corrected chi connectivity index (χ0v) is 53.5. The third-order valence-electron chi connectivity index (χ3n) is 12.7. The molecular weight excluding hydrogens is 901 g/mol. The van der Waals surface area contributed by atoms with Gasteiger partial charge in [-0.2, -0.15) is 11.8 Å². The molecule has 0 bridgehead atoms. The van der Waals surface area contributed by atoms with E-state index >= 15 is 0 Å². The third-order valence-corrected chi connectivity index (χ3v) is 12.7. The Bertz CT molecular complexity index is 1800. The predicted molar refractivity (Wildman–Crippen MR) is 337 cm³/mol. The SMILES string of the molecule is CC(C)=O.CC(C)c1cc(C(C)C)c(C(C)C)cc1C(C)C.CC(C)c1ccccc1C(C)C.CC(C)c1ccccc1C(C)C.CC(C)c1ccccc1C(C)C.CC(C)c1ccccc1C(C)C.CSC. The van der Waals surface area contributed by atoms with Crippen molar-refractivity contribution in [2.45, 2.75) is 251 Å². The first-order valence-corrected chi connectivity index (χ1v) is 29.9. The molecule has 0 N–H and O–H groups in total. The molecule has 0 aliphatic heterocycles. The van der Waals surface area contributed by atoms with Gasteiger partial charge in [-0.1, -0.05) is 275 Å². The van der Waals surface area contributed by atoms with Crippen molar-refractivity contribution in [2.24, 2.45) is 0 Å². The molecule has 0 saturated carbocycles. The minimum Gasteiger partial charge on any atom is -0.300 e. The Balaban J connectivity index is 0. The molecular formula is C71H114OS. The van der Waals surface area contributed by atoms with E-state index in [1.807, 2.05) is 12.5 Å². The second kappa shape index (κ2) is 37.8. The largest absolute Gasteiger partial charge is 0.300 e. The highest BCUT2D eigenvalue weighted by atomic mass is 32.2. The molecule has 0 unspecified atom stereocenters. The van der Waals surface area contributed by atoms with Crippen LogP contribution in [0.1, 0.15) is 318 Å². The van der Waals surface area contributed by atoms with E-state index in [2.05, 4.69) is 275 Å². The van der Waals surface area contributed by atoms with Gasteiger partial charge in [0.2, 0.25) is 0 Å². The number of hydrogen-bond acceptors (Lipinski definition) is 2. The van der Waals surface area contributed by atoms with Crippen LogP contribution in [0.15, 0.2) is 109 Å². The standard InChI is InChI=1S/C18H30.4C12H18.C3H6O.C2H6S/c1-11(2)15-9-17(13(5)6)18(14(7)8)10-16(15)12(3)4;4*1-9(2)11-7-5-6-8-12(11)10(3)4;1-3(2)4;1-3-2/h9-14H,1-8H3;4*5-10H,1-4H3;1-2H3;1-2H3. The second-order valence-electron chi connectivity index (χ2n) is 23.8. The van der Waals surface area contributed by atoms with Crippen LogP contribution < -0.4 is 0 Å². The lowest BCUT2D eigenvalue weighted by Gasteiger charge is -2.24. The summed E-state index contributed by atoms with van der Waals surface area (Å²) in [7, 11) is 0. The van der Waals surface area contributed by atoms with Gasteiger partial charge in [-0.05, 0) is 164 Å². The van der Waals surface area contributed by atoms with E-state index in [0.717, 1.165) is 0 Å². The Kier molecular flexibility index (Phi) is 36.9.